The first-order valence-electron chi connectivity index (χ1n) is 12.8. The summed E-state index contributed by atoms with van der Waals surface area (Å²) >= 11 is 14.1. The van der Waals surface area contributed by atoms with E-state index in [1.54, 1.807) is 28.2 Å². The number of aromatic nitrogens is 2. The molecule has 1 aliphatic heterocycles. The van der Waals surface area contributed by atoms with E-state index in [4.69, 9.17) is 28.3 Å². The summed E-state index contributed by atoms with van der Waals surface area (Å²) in [5.41, 5.74) is 4.46. The lowest BCUT2D eigenvalue weighted by Gasteiger charge is -2.39. The predicted octanol–water partition coefficient (Wildman–Crippen LogP) is 7.46. The minimum absolute atomic E-state index is 0.0491. The topological polar surface area (TPSA) is 41.4 Å². The summed E-state index contributed by atoms with van der Waals surface area (Å²) < 4.78 is 1.68. The minimum atomic E-state index is -0.0491. The van der Waals surface area contributed by atoms with E-state index in [9.17, 15) is 4.79 Å². The highest BCUT2D eigenvalue weighted by Gasteiger charge is 2.30. The van der Waals surface area contributed by atoms with Crippen molar-refractivity contribution >= 4 is 40.4 Å². The van der Waals surface area contributed by atoms with Crippen molar-refractivity contribution < 1.29 is 4.79 Å². The van der Waals surface area contributed by atoms with E-state index in [0.29, 0.717) is 34.5 Å². The van der Waals surface area contributed by atoms with Gasteiger partial charge in [-0.25, -0.2) is 4.68 Å². The van der Waals surface area contributed by atoms with Crippen LogP contribution in [0.25, 0.3) is 16.3 Å². The van der Waals surface area contributed by atoms with Crippen molar-refractivity contribution in [2.75, 3.05) is 26.2 Å². The number of piperazine rings is 1. The lowest BCUT2D eigenvalue weighted by Crippen LogP contribution is -2.50. The normalized spacial score (nSPS) is 14.2. The molecule has 8 heteroatoms. The molecule has 2 aromatic heterocycles. The first-order valence-corrected chi connectivity index (χ1v) is 14.4. The summed E-state index contributed by atoms with van der Waals surface area (Å²) in [5, 5.41) is 7.68. The number of carbonyl (C=O) groups is 1. The van der Waals surface area contributed by atoms with Gasteiger partial charge in [0.1, 0.15) is 11.4 Å². The molecule has 0 atom stereocenters. The SMILES string of the molecule is O=C(c1cc(-c2cccs2)nn1-c1ccc(Cl)c(Cl)c1)N1CCN(C(c2ccccc2)c2ccccc2)CC1. The zero-order chi connectivity index (χ0) is 26.8. The highest BCUT2D eigenvalue weighted by atomic mass is 35.5. The molecule has 0 spiro atoms. The van der Waals surface area contributed by atoms with Crippen LogP contribution < -0.4 is 0 Å². The fourth-order valence-corrected chi connectivity index (χ4v) is 6.10. The Morgan fingerprint density at radius 3 is 2.03 bits per heavy atom. The Labute approximate surface area is 241 Å². The molecule has 0 N–H and O–H groups in total. The fourth-order valence-electron chi connectivity index (χ4n) is 5.12. The first-order chi connectivity index (χ1) is 19.1. The van der Waals surface area contributed by atoms with Gasteiger partial charge in [0.25, 0.3) is 5.91 Å². The Morgan fingerprint density at radius 2 is 1.44 bits per heavy atom. The van der Waals surface area contributed by atoms with Gasteiger partial charge in [-0.2, -0.15) is 5.10 Å². The van der Waals surface area contributed by atoms with Gasteiger partial charge in [0.05, 0.1) is 26.7 Å². The monoisotopic (exact) mass is 572 g/mol. The van der Waals surface area contributed by atoms with Crippen LogP contribution >= 0.6 is 34.5 Å². The van der Waals surface area contributed by atoms with Crippen LogP contribution in [0.5, 0.6) is 0 Å². The average Bonchev–Trinajstić information content (AvgIpc) is 3.67. The summed E-state index contributed by atoms with van der Waals surface area (Å²) in [5.74, 6) is -0.0491. The van der Waals surface area contributed by atoms with Gasteiger partial charge in [0.15, 0.2) is 0 Å². The number of thiophene rings is 1. The zero-order valence-corrected chi connectivity index (χ0v) is 23.4. The molecule has 0 radical (unpaired) electrons. The molecule has 196 valence electrons. The number of hydrogen-bond donors (Lipinski definition) is 0. The molecule has 1 aliphatic rings. The van der Waals surface area contributed by atoms with E-state index in [-0.39, 0.29) is 11.9 Å². The third kappa shape index (κ3) is 5.38. The molecule has 5 nitrogen and oxygen atoms in total. The minimum Gasteiger partial charge on any atom is -0.335 e. The second-order valence-corrected chi connectivity index (χ2v) is 11.2. The molecule has 1 saturated heterocycles. The highest BCUT2D eigenvalue weighted by molar-refractivity contribution is 7.13. The molecule has 0 bridgehead atoms. The van der Waals surface area contributed by atoms with Crippen molar-refractivity contribution in [3.63, 3.8) is 0 Å². The van der Waals surface area contributed by atoms with Crippen LogP contribution in [0.15, 0.2) is 102 Å². The highest BCUT2D eigenvalue weighted by Crippen LogP contribution is 2.32. The van der Waals surface area contributed by atoms with Crippen LogP contribution in [0.1, 0.15) is 27.7 Å². The lowest BCUT2D eigenvalue weighted by molar-refractivity contribution is 0.0589. The molecular formula is C31H26Cl2N4OS. The summed E-state index contributed by atoms with van der Waals surface area (Å²) in [4.78, 5) is 19.3. The van der Waals surface area contributed by atoms with E-state index in [0.717, 1.165) is 23.7 Å². The molecular weight excluding hydrogens is 547 g/mol. The molecule has 5 aromatic rings. The summed E-state index contributed by atoms with van der Waals surface area (Å²) in [7, 11) is 0. The summed E-state index contributed by atoms with van der Waals surface area (Å²) in [6.45, 7) is 2.77. The van der Waals surface area contributed by atoms with Crippen molar-refractivity contribution in [1.82, 2.24) is 19.6 Å². The molecule has 6 rings (SSSR count). The van der Waals surface area contributed by atoms with Crippen LogP contribution in [0, 0.1) is 0 Å². The Kier molecular flexibility index (Phi) is 7.53. The van der Waals surface area contributed by atoms with Gasteiger partial charge in [0.2, 0.25) is 0 Å². The summed E-state index contributed by atoms with van der Waals surface area (Å²) in [6.07, 6.45) is 0. The number of amides is 1. The maximum absolute atomic E-state index is 13.9. The van der Waals surface area contributed by atoms with Crippen LogP contribution in [-0.4, -0.2) is 51.7 Å². The van der Waals surface area contributed by atoms with Crippen LogP contribution in [-0.2, 0) is 0 Å². The molecule has 1 fully saturated rings. The Bertz CT molecular complexity index is 1520. The number of hydrogen-bond acceptors (Lipinski definition) is 4. The Morgan fingerprint density at radius 1 is 0.769 bits per heavy atom. The van der Waals surface area contributed by atoms with E-state index >= 15 is 0 Å². The number of rotatable bonds is 6. The molecule has 3 aromatic carbocycles. The van der Waals surface area contributed by atoms with Crippen molar-refractivity contribution in [2.45, 2.75) is 6.04 Å². The Balaban J connectivity index is 1.27. The van der Waals surface area contributed by atoms with Gasteiger partial charge in [-0.05, 0) is 46.8 Å². The maximum atomic E-state index is 13.9. The third-order valence-corrected chi connectivity index (χ3v) is 8.68. The number of halogens is 2. The summed E-state index contributed by atoms with van der Waals surface area (Å²) in [6, 6.07) is 32.4. The van der Waals surface area contributed by atoms with E-state index in [1.807, 2.05) is 46.7 Å². The van der Waals surface area contributed by atoms with Crippen molar-refractivity contribution in [2.24, 2.45) is 0 Å². The lowest BCUT2D eigenvalue weighted by atomic mass is 9.96. The molecule has 39 heavy (non-hydrogen) atoms. The van der Waals surface area contributed by atoms with Gasteiger partial charge >= 0.3 is 0 Å². The Hall–Kier alpha value is -3.42. The molecule has 3 heterocycles. The van der Waals surface area contributed by atoms with Gasteiger partial charge in [-0.15, -0.1) is 11.3 Å². The van der Waals surface area contributed by atoms with Gasteiger partial charge in [-0.1, -0.05) is 89.9 Å². The molecule has 0 unspecified atom stereocenters. The molecule has 0 saturated carbocycles. The average molecular weight is 574 g/mol. The smallest absolute Gasteiger partial charge is 0.272 e. The number of benzene rings is 3. The second kappa shape index (κ2) is 11.4. The van der Waals surface area contributed by atoms with Crippen LogP contribution in [0.2, 0.25) is 10.0 Å². The van der Waals surface area contributed by atoms with Crippen LogP contribution in [0.4, 0.5) is 0 Å². The van der Waals surface area contributed by atoms with Crippen molar-refractivity contribution in [1.29, 1.82) is 0 Å². The number of carbonyl (C=O) groups excluding carboxylic acids is 1. The van der Waals surface area contributed by atoms with Crippen molar-refractivity contribution in [3.05, 3.63) is 129 Å². The zero-order valence-electron chi connectivity index (χ0n) is 21.1. The van der Waals surface area contributed by atoms with E-state index in [1.165, 1.54) is 11.1 Å². The fraction of sp³-hybridized carbons (Fsp3) is 0.161. The van der Waals surface area contributed by atoms with Crippen LogP contribution in [0.3, 0.4) is 0 Å². The van der Waals surface area contributed by atoms with Crippen molar-refractivity contribution in [3.8, 4) is 16.3 Å². The third-order valence-electron chi connectivity index (χ3n) is 7.05. The standard InChI is InChI=1S/C31H26Cl2N4OS/c32-25-14-13-24(20-26(25)33)37-28(21-27(34-37)29-12-7-19-39-29)31(38)36-17-15-35(16-18-36)30(22-8-3-1-4-9-22)23-10-5-2-6-11-23/h1-14,19-21,30H,15-18H2. The van der Waals surface area contributed by atoms with E-state index < -0.39 is 0 Å². The van der Waals surface area contributed by atoms with Gasteiger partial charge in [0, 0.05) is 26.2 Å². The quantitative estimate of drug-likeness (QED) is 0.212. The maximum Gasteiger partial charge on any atom is 0.272 e. The second-order valence-electron chi connectivity index (χ2n) is 9.45. The molecule has 1 amide bonds. The largest absolute Gasteiger partial charge is 0.335 e. The molecule has 0 aliphatic carbocycles. The number of nitrogens with zero attached hydrogens (tertiary/aromatic N) is 4. The van der Waals surface area contributed by atoms with E-state index in [2.05, 4.69) is 53.4 Å². The van der Waals surface area contributed by atoms with Gasteiger partial charge < -0.3 is 4.90 Å². The first kappa shape index (κ1) is 25.8. The predicted molar refractivity (Wildman–Crippen MR) is 159 cm³/mol. The van der Waals surface area contributed by atoms with Gasteiger partial charge in [-0.3, -0.25) is 9.69 Å².